The van der Waals surface area contributed by atoms with E-state index < -0.39 is 27.9 Å². The lowest BCUT2D eigenvalue weighted by Gasteiger charge is -2.41. The van der Waals surface area contributed by atoms with Gasteiger partial charge in [0.2, 0.25) is 0 Å². The van der Waals surface area contributed by atoms with Crippen molar-refractivity contribution < 1.29 is 43.1 Å². The van der Waals surface area contributed by atoms with Crippen LogP contribution < -0.4 is 0 Å². The maximum Gasteiger partial charge on any atom is 0.261 e. The second-order valence-electron chi connectivity index (χ2n) is 31.8. The van der Waals surface area contributed by atoms with Crippen molar-refractivity contribution in [3.63, 3.8) is 0 Å². The van der Waals surface area contributed by atoms with Gasteiger partial charge in [-0.3, -0.25) is 53.1 Å². The van der Waals surface area contributed by atoms with E-state index in [9.17, 15) is 38.4 Å². The molecule has 0 bridgehead atoms. The van der Waals surface area contributed by atoms with Gasteiger partial charge in [-0.1, -0.05) is 143 Å². The molecule has 10 aromatic rings. The fourth-order valence-corrected chi connectivity index (χ4v) is 16.2. The monoisotopic (exact) mass is 1240 g/mol. The molecule has 0 unspecified atom stereocenters. The molecule has 0 saturated carbocycles. The van der Waals surface area contributed by atoms with E-state index in [1.54, 1.807) is 0 Å². The van der Waals surface area contributed by atoms with Gasteiger partial charge in [-0.15, -0.1) is 0 Å². The zero-order valence-corrected chi connectivity index (χ0v) is 56.3. The summed E-state index contributed by atoms with van der Waals surface area (Å²) < 4.78 is 6.56. The largest absolute Gasteiger partial charge is 0.376 e. The minimum absolute atomic E-state index is 0.0692. The molecule has 4 aliphatic rings. The van der Waals surface area contributed by atoms with E-state index in [2.05, 4.69) is 55.4 Å². The summed E-state index contributed by atoms with van der Waals surface area (Å²) >= 11 is 0. The van der Waals surface area contributed by atoms with Crippen molar-refractivity contribution in [2.24, 2.45) is 27.6 Å². The zero-order chi connectivity index (χ0) is 66.3. The number of imide groups is 3. The maximum atomic E-state index is 14.7. The van der Waals surface area contributed by atoms with Crippen molar-refractivity contribution in [1.82, 2.24) is 14.7 Å². The summed E-state index contributed by atoms with van der Waals surface area (Å²) in [7, 11) is 0. The summed E-state index contributed by atoms with van der Waals surface area (Å²) in [5, 5.41) is 12.6. The van der Waals surface area contributed by atoms with Crippen molar-refractivity contribution in [2.75, 3.05) is 19.7 Å². The van der Waals surface area contributed by atoms with E-state index in [4.69, 9.17) is 4.74 Å². The van der Waals surface area contributed by atoms with Crippen LogP contribution >= 0.6 is 0 Å². The third-order valence-corrected chi connectivity index (χ3v) is 22.8. The average molecular weight is 1240 g/mol. The van der Waals surface area contributed by atoms with Crippen molar-refractivity contribution in [1.29, 1.82) is 0 Å². The minimum Gasteiger partial charge on any atom is -0.376 e. The van der Waals surface area contributed by atoms with E-state index in [-0.39, 0.29) is 70.9 Å². The molecular formula is C81H83N3O9. The number of ether oxygens (including phenoxy) is 1. The van der Waals surface area contributed by atoms with Crippen LogP contribution in [0.4, 0.5) is 0 Å². The van der Waals surface area contributed by atoms with Crippen LogP contribution in [0.3, 0.4) is 0 Å². The molecule has 0 atom stereocenters. The van der Waals surface area contributed by atoms with E-state index in [1.807, 2.05) is 139 Å². The van der Waals surface area contributed by atoms with Crippen molar-refractivity contribution in [3.8, 4) is 0 Å². The minimum atomic E-state index is -0.788. The molecule has 3 aliphatic heterocycles. The van der Waals surface area contributed by atoms with E-state index in [0.29, 0.717) is 98.3 Å². The summed E-state index contributed by atoms with van der Waals surface area (Å²) in [6, 6.07) is 30.3. The van der Waals surface area contributed by atoms with Crippen LogP contribution in [0, 0.1) is 27.6 Å². The SMILES string of the molecule is CCC(C)(C)CCC(C)(C)C1C(=O)c2ccc3c4ccc5c6c(ccc(c7ccc(c2c37)C1=O)c64)C(=O)N(CCCC(C)(C)OCCC(C)(C)CN1C(=O)c2ccc3c4ccc6c7c(ccc(c8ccc(c2c38)C1=O)c74)C(=O)N(C(C)(C)CCC(C)(C)CC)C6=O)C5=O. The number of ketones is 2. The number of benzene rings is 10. The van der Waals surface area contributed by atoms with Gasteiger partial charge in [0.05, 0.1) is 11.5 Å². The molecule has 12 nitrogen and oxygen atoms in total. The van der Waals surface area contributed by atoms with Gasteiger partial charge in [0, 0.05) is 91.3 Å². The Bertz CT molecular complexity index is 4780. The highest BCUT2D eigenvalue weighted by molar-refractivity contribution is 6.44. The van der Waals surface area contributed by atoms with Gasteiger partial charge < -0.3 is 4.74 Å². The molecule has 12 heteroatoms. The van der Waals surface area contributed by atoms with Crippen molar-refractivity contribution in [2.45, 2.75) is 166 Å². The quantitative estimate of drug-likeness (QED) is 0.0314. The molecule has 0 N–H and O–H groups in total. The predicted octanol–water partition coefficient (Wildman–Crippen LogP) is 18.5. The van der Waals surface area contributed by atoms with Gasteiger partial charge in [0.1, 0.15) is 0 Å². The van der Waals surface area contributed by atoms with E-state index in [0.717, 1.165) is 96.7 Å². The van der Waals surface area contributed by atoms with Crippen LogP contribution in [0.5, 0.6) is 0 Å². The molecule has 6 amide bonds. The second kappa shape index (κ2) is 21.0. The van der Waals surface area contributed by atoms with Gasteiger partial charge in [0.15, 0.2) is 11.6 Å². The number of hydrogen-bond donors (Lipinski definition) is 0. The number of Topliss-reactive ketones (excluding diaryl/α,β-unsaturated/α-hetero) is 2. The topological polar surface area (TPSA) is 156 Å². The van der Waals surface area contributed by atoms with E-state index in [1.165, 1.54) is 14.7 Å². The third kappa shape index (κ3) is 9.36. The predicted molar refractivity (Wildman–Crippen MR) is 371 cm³/mol. The smallest absolute Gasteiger partial charge is 0.261 e. The molecule has 0 spiro atoms. The molecule has 476 valence electrons. The Morgan fingerprint density at radius 3 is 1.03 bits per heavy atom. The van der Waals surface area contributed by atoms with Crippen LogP contribution in [0.15, 0.2) is 97.1 Å². The van der Waals surface area contributed by atoms with Crippen molar-refractivity contribution in [3.05, 3.63) is 142 Å². The lowest BCUT2D eigenvalue weighted by Crippen LogP contribution is -2.53. The lowest BCUT2D eigenvalue weighted by atomic mass is 9.64. The van der Waals surface area contributed by atoms with Crippen LogP contribution in [-0.2, 0) is 4.74 Å². The molecule has 10 aromatic carbocycles. The first-order valence-corrected chi connectivity index (χ1v) is 33.6. The number of amides is 6. The zero-order valence-electron chi connectivity index (χ0n) is 56.3. The van der Waals surface area contributed by atoms with Gasteiger partial charge in [-0.05, 0) is 195 Å². The van der Waals surface area contributed by atoms with Crippen LogP contribution in [0.25, 0.3) is 86.2 Å². The standard InChI is InChI=1S/C81H83N3O9/c1-15-76(3,4)35-37-79(9,10)67-68(85)51-26-18-43-45-20-28-53-64-54(29-21-46(60(45)64)44-19-27-52(69(67)86)63(51)59(43)44)71(88)82(70(53)87)40-17-34-81(13,14)93-41-39-78(7,8)42-83-72(89)55-30-22-47-49-24-32-57-66-58(75(92)84(74(57)91)80(11,12)38-36-77(5,6)16-2)33-25-50(62(49)66)48-23-31-56(73(83)90)65(55)61(47)48/h18-33,67H,15-17,34-42H2,1-14H3. The molecule has 0 saturated heterocycles. The molecule has 93 heavy (non-hydrogen) atoms. The van der Waals surface area contributed by atoms with E-state index >= 15 is 0 Å². The summed E-state index contributed by atoms with van der Waals surface area (Å²) in [5.74, 6) is -3.12. The third-order valence-electron chi connectivity index (χ3n) is 22.8. The molecular weight excluding hydrogens is 1160 g/mol. The summed E-state index contributed by atoms with van der Waals surface area (Å²) in [4.78, 5) is 121. The normalized spacial score (nSPS) is 16.3. The summed E-state index contributed by atoms with van der Waals surface area (Å²) in [6.07, 6.45) is 6.73. The highest BCUT2D eigenvalue weighted by Gasteiger charge is 2.48. The number of hydrogen-bond acceptors (Lipinski definition) is 9. The Hall–Kier alpha value is -8.48. The maximum absolute atomic E-state index is 14.7. The molecule has 0 aromatic heterocycles. The number of nitrogens with zero attached hydrogens (tertiary/aromatic N) is 3. The first kappa shape index (κ1) is 62.0. The highest BCUT2D eigenvalue weighted by Crippen LogP contribution is 2.52. The fourth-order valence-electron chi connectivity index (χ4n) is 16.2. The Kier molecular flexibility index (Phi) is 14.0. The van der Waals surface area contributed by atoms with Gasteiger partial charge in [0.25, 0.3) is 35.4 Å². The Balaban J connectivity index is 0.648. The highest BCUT2D eigenvalue weighted by atomic mass is 16.5. The number of carbonyl (C=O) groups is 8. The van der Waals surface area contributed by atoms with Gasteiger partial charge in [-0.2, -0.15) is 0 Å². The van der Waals surface area contributed by atoms with Gasteiger partial charge in [-0.25, -0.2) is 0 Å². The molecule has 14 rings (SSSR count). The molecule has 1 aliphatic carbocycles. The summed E-state index contributed by atoms with van der Waals surface area (Å²) in [5.41, 5.74) is 1.60. The van der Waals surface area contributed by atoms with Gasteiger partial charge >= 0.3 is 0 Å². The van der Waals surface area contributed by atoms with Crippen molar-refractivity contribution >= 4 is 133 Å². The molecule has 3 heterocycles. The Labute approximate surface area is 543 Å². The summed E-state index contributed by atoms with van der Waals surface area (Å²) in [6.45, 7) is 30.0. The first-order chi connectivity index (χ1) is 43.8. The Morgan fingerprint density at radius 1 is 0.344 bits per heavy atom. The lowest BCUT2D eigenvalue weighted by molar-refractivity contribution is -0.0378. The Morgan fingerprint density at radius 2 is 0.667 bits per heavy atom. The molecule has 0 fully saturated rings. The number of carbonyl (C=O) groups excluding carboxylic acids is 8. The number of rotatable bonds is 20. The van der Waals surface area contributed by atoms with Crippen LogP contribution in [-0.4, -0.2) is 92.5 Å². The fraction of sp³-hybridized carbons (Fsp3) is 0.407. The second-order valence-corrected chi connectivity index (χ2v) is 31.8. The molecule has 0 radical (unpaired) electrons. The van der Waals surface area contributed by atoms with Crippen LogP contribution in [0.2, 0.25) is 0 Å². The number of fused-ring (bicyclic) bond motifs is 4. The average Bonchev–Trinajstić information content (AvgIpc) is 0.697. The first-order valence-electron chi connectivity index (χ1n) is 33.6. The van der Waals surface area contributed by atoms with Crippen LogP contribution in [0.1, 0.15) is 238 Å².